The number of piperidine rings is 1. The molecule has 668 valence electrons. The molecule has 2 heterocycles. The van der Waals surface area contributed by atoms with E-state index in [4.69, 9.17) is 24.3 Å². The molecule has 3 aromatic carbocycles. The van der Waals surface area contributed by atoms with Crippen molar-refractivity contribution >= 4 is 116 Å². The average Bonchev–Trinajstić information content (AvgIpc) is 1.74. The summed E-state index contributed by atoms with van der Waals surface area (Å²) in [5, 5.41) is 64.4. The first-order valence-corrected chi connectivity index (χ1v) is 44.3. The largest absolute Gasteiger partial charge is 0.508 e. The molecule has 0 aliphatic carbocycles. The number of aliphatic carboxylic acids is 3. The fourth-order valence-corrected chi connectivity index (χ4v) is 16.0. The quantitative estimate of drug-likeness (QED) is 0.00672. The summed E-state index contributed by atoms with van der Waals surface area (Å²) in [4.78, 5) is 191. The Morgan fingerprint density at radius 1 is 0.661 bits per heavy atom. The molecule has 4 aromatic rings. The Morgan fingerprint density at radius 3 is 2.00 bits per heavy atom. The van der Waals surface area contributed by atoms with Crippen molar-refractivity contribution in [1.29, 1.82) is 0 Å². The van der Waals surface area contributed by atoms with Crippen molar-refractivity contribution in [2.75, 3.05) is 51.6 Å². The van der Waals surface area contributed by atoms with Crippen molar-refractivity contribution in [2.24, 2.45) is 17.8 Å². The second-order valence-corrected chi connectivity index (χ2v) is 34.1. The number of hydrogen-bond donors (Lipinski definition) is 15. The number of aromatic nitrogens is 1. The zero-order valence-corrected chi connectivity index (χ0v) is 73.0. The summed E-state index contributed by atoms with van der Waals surface area (Å²) in [5.41, 5.74) is 7.25. The summed E-state index contributed by atoms with van der Waals surface area (Å²) in [6.45, 7) is 17.5. The van der Waals surface area contributed by atoms with Gasteiger partial charge in [0.2, 0.25) is 35.4 Å². The summed E-state index contributed by atoms with van der Waals surface area (Å²) in [7, 11) is 4.50. The third kappa shape index (κ3) is 38.5. The zero-order valence-electron chi connectivity index (χ0n) is 70.6. The van der Waals surface area contributed by atoms with Gasteiger partial charge in [-0.05, 0) is 131 Å². The molecule has 5 rings (SSSR count). The van der Waals surface area contributed by atoms with Crippen LogP contribution in [-0.2, 0) is 88.0 Å². The van der Waals surface area contributed by atoms with Gasteiger partial charge in [-0.1, -0.05) is 149 Å². The smallest absolute Gasteiger partial charge is 0.426 e. The Morgan fingerprint density at radius 2 is 1.35 bits per heavy atom. The number of nitrogens with one attached hydrogen (secondary N) is 11. The number of aromatic hydroxyl groups is 1. The van der Waals surface area contributed by atoms with Crippen molar-refractivity contribution in [2.45, 2.75) is 238 Å². The molecule has 12 amide bonds. The minimum absolute atomic E-state index is 0.00878. The lowest BCUT2D eigenvalue weighted by molar-refractivity contribution is -0.153. The first-order valence-electron chi connectivity index (χ1n) is 41.0. The molecule has 1 aliphatic heterocycles. The Bertz CT molecular complexity index is 4000. The molecule has 0 bridgehead atoms. The van der Waals surface area contributed by atoms with Gasteiger partial charge in [0.15, 0.2) is 6.10 Å². The number of ether oxygens (including phenoxy) is 3. The highest BCUT2D eigenvalue weighted by Crippen LogP contribution is 2.33. The van der Waals surface area contributed by atoms with Gasteiger partial charge in [-0.2, -0.15) is 0 Å². The Kier molecular flexibility index (Phi) is 45.3. The number of urea groups is 2. The lowest BCUT2D eigenvalue weighted by Gasteiger charge is -2.40. The topological polar surface area (TPSA) is 499 Å². The van der Waals surface area contributed by atoms with Crippen LogP contribution in [0.2, 0.25) is 0 Å². The number of carbonyl (C=O) groups excluding carboxylic acids is 11. The van der Waals surface area contributed by atoms with Gasteiger partial charge in [-0.3, -0.25) is 58.3 Å². The second-order valence-electron chi connectivity index (χ2n) is 30.6. The molecule has 1 unspecified atom stereocenters. The molecule has 0 spiro atoms. The van der Waals surface area contributed by atoms with Gasteiger partial charge >= 0.3 is 42.0 Å². The number of carboxylic acid groups (broad SMARTS) is 3. The molecule has 15 N–H and O–H groups in total. The highest BCUT2D eigenvalue weighted by molar-refractivity contribution is 8.76. The summed E-state index contributed by atoms with van der Waals surface area (Å²) in [6, 6.07) is 13.1. The first kappa shape index (κ1) is 101. The van der Waals surface area contributed by atoms with E-state index in [-0.39, 0.29) is 122 Å². The SMILES string of the molecule is CCCCOCN(C(=O)C(NC(=O)[C@H]1CCCCN1C)[C@@H](C)CC)[C@H](C[C@@H](OC(C)=O)c1nc(C(=O)N[C@@H](Cc2ccc(O)cc2)C[C@H](C)C(=O)NNC(=O)OCCSSC[C@@H](C)NC(=O)[C@H](CC(=O)O)NC(=O)[C@H](Cc2ccccc2)NC(=O)Cc2ccc(CNC(=O)NCCCC[C@@H](C)NC(=O)N[C@@H](CCC(=O)O)C(=O)O)cc2)cs1)C(C)C. The van der Waals surface area contributed by atoms with Gasteiger partial charge in [-0.25, -0.2) is 29.6 Å². The molecule has 12 atom stereocenters. The van der Waals surface area contributed by atoms with Gasteiger partial charge in [-0.15, -0.1) is 11.3 Å². The van der Waals surface area contributed by atoms with Crippen LogP contribution < -0.4 is 58.7 Å². The van der Waals surface area contributed by atoms with E-state index in [1.54, 1.807) is 92.4 Å². The number of amides is 12. The number of esters is 1. The molecule has 1 saturated heterocycles. The molecule has 35 nitrogen and oxygen atoms in total. The summed E-state index contributed by atoms with van der Waals surface area (Å²) >= 11 is 1.09. The lowest BCUT2D eigenvalue weighted by Crippen LogP contribution is -2.59. The van der Waals surface area contributed by atoms with Gasteiger partial charge in [0, 0.05) is 92.9 Å². The number of rotatable bonds is 53. The average molecular weight is 1750 g/mol. The molecule has 1 aromatic heterocycles. The number of hydrazine groups is 1. The normalized spacial score (nSPS) is 15.4. The molecule has 1 aliphatic rings. The van der Waals surface area contributed by atoms with E-state index >= 15 is 4.79 Å². The van der Waals surface area contributed by atoms with Crippen LogP contribution in [0, 0.1) is 17.8 Å². The maximum atomic E-state index is 15.0. The van der Waals surface area contributed by atoms with Crippen molar-refractivity contribution < 1.29 is 102 Å². The number of phenols is 1. The van der Waals surface area contributed by atoms with Gasteiger partial charge in [0.1, 0.15) is 54.0 Å². The summed E-state index contributed by atoms with van der Waals surface area (Å²) in [5.74, 6) is -9.20. The summed E-state index contributed by atoms with van der Waals surface area (Å²) < 4.78 is 17.4. The van der Waals surface area contributed by atoms with Crippen LogP contribution in [0.15, 0.2) is 84.2 Å². The van der Waals surface area contributed by atoms with E-state index in [2.05, 4.69) is 58.7 Å². The molecule has 121 heavy (non-hydrogen) atoms. The number of carboxylic acids is 3. The monoisotopic (exact) mass is 1750 g/mol. The van der Waals surface area contributed by atoms with E-state index in [0.29, 0.717) is 67.5 Å². The van der Waals surface area contributed by atoms with Crippen LogP contribution in [0.5, 0.6) is 5.75 Å². The third-order valence-electron chi connectivity index (χ3n) is 20.1. The van der Waals surface area contributed by atoms with Crippen molar-refractivity contribution in [3.8, 4) is 5.75 Å². The number of likely N-dealkylation sites (tertiary alicyclic amines) is 1. The lowest BCUT2D eigenvalue weighted by atomic mass is 9.92. The fourth-order valence-electron chi connectivity index (χ4n) is 13.1. The third-order valence-corrected chi connectivity index (χ3v) is 23.5. The number of nitrogens with zero attached hydrogens (tertiary/aromatic N) is 3. The van der Waals surface area contributed by atoms with E-state index in [0.717, 1.165) is 43.6 Å². The van der Waals surface area contributed by atoms with Crippen molar-refractivity contribution in [3.63, 3.8) is 0 Å². The Balaban J connectivity index is 1.08. The number of phenolic OH excluding ortho intramolecular Hbond substituents is 1. The highest BCUT2D eigenvalue weighted by Gasteiger charge is 2.40. The predicted octanol–water partition coefficient (Wildman–Crippen LogP) is 7.40. The minimum atomic E-state index is -1.55. The molecule has 38 heteroatoms. The van der Waals surface area contributed by atoms with Crippen LogP contribution in [0.3, 0.4) is 0 Å². The number of carbonyl (C=O) groups is 14. The molecular formula is C83H122N14O21S3. The van der Waals surface area contributed by atoms with E-state index < -0.39 is 139 Å². The number of unbranched alkanes of at least 4 members (excludes halogenated alkanes) is 2. The maximum Gasteiger partial charge on any atom is 0.426 e. The van der Waals surface area contributed by atoms with E-state index in [1.807, 2.05) is 46.6 Å². The maximum absolute atomic E-state index is 15.0. The number of thiazole rings is 1. The van der Waals surface area contributed by atoms with Crippen LogP contribution >= 0.6 is 32.9 Å². The molecular weight excluding hydrogens is 1630 g/mol. The first-order chi connectivity index (χ1) is 57.6. The van der Waals surface area contributed by atoms with Gasteiger partial charge in [0.25, 0.3) is 5.91 Å². The van der Waals surface area contributed by atoms with Crippen molar-refractivity contribution in [3.05, 3.63) is 117 Å². The van der Waals surface area contributed by atoms with Crippen LogP contribution in [-0.4, -0.2) is 225 Å². The van der Waals surface area contributed by atoms with Gasteiger partial charge in [0.05, 0.1) is 18.9 Å². The van der Waals surface area contributed by atoms with Crippen molar-refractivity contribution in [1.82, 2.24) is 73.5 Å². The Labute approximate surface area is 718 Å². The summed E-state index contributed by atoms with van der Waals surface area (Å²) in [6.07, 6.45) is 3.11. The number of benzene rings is 3. The van der Waals surface area contributed by atoms with Crippen LogP contribution in [0.4, 0.5) is 14.4 Å². The predicted molar refractivity (Wildman–Crippen MR) is 456 cm³/mol. The van der Waals surface area contributed by atoms with Gasteiger partial charge < -0.3 is 87.4 Å². The number of likely N-dealkylation sites (N-methyl/N-ethyl adjacent to an activating group) is 1. The standard InChI is InChI=1S/C83H122N14O21S3/c1-11-13-37-116-49-97(79(110)72(51(5)12-2)93-77(109)66-24-18-20-36-96(66)10)67(50(3)4)45-68(118-55(9)98)78-91-65(48-119-78)76(108)88-60(41-57-29-31-61(99)32-30-57)40-52(6)73(105)94-95-83(115)117-38-39-120-121-47-54(8)86-74(106)64(44-71(103)104)90-75(107)63(42-56-22-15-14-16-23-56)89-69(100)43-58-25-27-59(28-26-58)46-85-81(113)84-35-19-17-21-53(7)87-82(114)92-62(80(111)112)33-34-70(101)102/h14-16,22-23,25-32,48,50-54,60,62-64,66-68,72,99H,11-13,17-21,24,33-47,49H2,1-10H3,(H,86,106)(H,88,108)(H,89,100)(H,90,107)(H,93,109)(H,94,105)(H,95,115)(H,101,102)(H,103,104)(H,111,112)(H2,84,85,113)(H2,87,92,114)/t51-,52-,53+,54+,60+,62-,63-,64-,66+,67+,68+,72?/m0/s1. The molecule has 1 fully saturated rings. The Hall–Kier alpha value is -10.3. The minimum Gasteiger partial charge on any atom is -0.508 e. The fraction of sp³-hybridized carbons (Fsp3) is 0.578. The second kappa shape index (κ2) is 54.2. The van der Waals surface area contributed by atoms with E-state index in [1.165, 1.54) is 46.0 Å². The molecule has 0 radical (unpaired) electrons. The zero-order chi connectivity index (χ0) is 89.1. The van der Waals surface area contributed by atoms with Crippen LogP contribution in [0.1, 0.15) is 196 Å². The highest BCUT2D eigenvalue weighted by atomic mass is 33.1. The number of hydrogen-bond acceptors (Lipinski definition) is 23. The van der Waals surface area contributed by atoms with E-state index in [9.17, 15) is 77.6 Å². The molecule has 0 saturated carbocycles. The van der Waals surface area contributed by atoms with Crippen LogP contribution in [0.25, 0.3) is 0 Å².